The van der Waals surface area contributed by atoms with Gasteiger partial charge < -0.3 is 4.42 Å². The standard InChI is InChI=1S/C45H27F3O3/c46-34-22-16-29(17-23-34)41(49)39-37(28-10-4-1-5-11-28)38-40(43(30-12-6-2-7-13-30)51-42(38)31-18-24-35(47)25-19-31)45(39,33-14-8-3-9-15-33)44(50)32-20-26-36(48)27-21-32/h1-27H/t45-/m1/s1. The third-order valence-corrected chi connectivity index (χ3v) is 9.35. The molecule has 1 aliphatic rings. The molecule has 1 atom stereocenters. The summed E-state index contributed by atoms with van der Waals surface area (Å²) < 4.78 is 49.9. The number of allylic oxidation sites excluding steroid dienone is 1. The van der Waals surface area contributed by atoms with E-state index in [2.05, 4.69) is 0 Å². The number of benzene rings is 6. The monoisotopic (exact) mass is 672 g/mol. The summed E-state index contributed by atoms with van der Waals surface area (Å²) in [5.74, 6) is -1.82. The van der Waals surface area contributed by atoms with E-state index < -0.39 is 34.4 Å². The molecule has 0 fully saturated rings. The predicted octanol–water partition coefficient (Wildman–Crippen LogP) is 10.9. The fourth-order valence-corrected chi connectivity index (χ4v) is 7.14. The zero-order chi connectivity index (χ0) is 35.1. The van der Waals surface area contributed by atoms with Gasteiger partial charge >= 0.3 is 0 Å². The van der Waals surface area contributed by atoms with E-state index in [1.54, 1.807) is 36.4 Å². The maximum atomic E-state index is 15.7. The Balaban J connectivity index is 1.61. The van der Waals surface area contributed by atoms with Gasteiger partial charge in [-0.15, -0.1) is 0 Å². The Hall–Kier alpha value is -6.53. The molecule has 6 heteroatoms. The number of hydrogen-bond donors (Lipinski definition) is 0. The molecule has 0 N–H and O–H groups in total. The van der Waals surface area contributed by atoms with Crippen LogP contribution in [0.15, 0.2) is 174 Å². The Bertz CT molecular complexity index is 2430. The van der Waals surface area contributed by atoms with Crippen LogP contribution in [-0.4, -0.2) is 11.6 Å². The Kier molecular flexibility index (Phi) is 7.92. The first-order valence-electron chi connectivity index (χ1n) is 16.3. The number of ketones is 2. The SMILES string of the molecule is O=C(C1=C(c2ccccc2)c2c(-c3ccc(F)cc3)oc(-c3ccccc3)c2[C@@]1(C(=O)c1ccc(F)cc1)c1ccccc1)c1ccc(F)cc1. The van der Waals surface area contributed by atoms with Gasteiger partial charge in [0, 0.05) is 44.5 Å². The van der Waals surface area contributed by atoms with Gasteiger partial charge in [-0.25, -0.2) is 13.2 Å². The van der Waals surface area contributed by atoms with E-state index in [4.69, 9.17) is 4.42 Å². The number of carbonyl (C=O) groups is 2. The van der Waals surface area contributed by atoms with Crippen molar-refractivity contribution in [2.24, 2.45) is 0 Å². The molecule has 6 aromatic carbocycles. The number of fused-ring (bicyclic) bond motifs is 1. The molecule has 0 unspecified atom stereocenters. The largest absolute Gasteiger partial charge is 0.455 e. The Labute approximate surface area is 292 Å². The minimum atomic E-state index is -1.86. The lowest BCUT2D eigenvalue weighted by Crippen LogP contribution is -2.40. The molecule has 7 aromatic rings. The second kappa shape index (κ2) is 12.7. The van der Waals surface area contributed by atoms with Crippen LogP contribution in [0.5, 0.6) is 0 Å². The van der Waals surface area contributed by atoms with Gasteiger partial charge in [-0.05, 0) is 83.9 Å². The van der Waals surface area contributed by atoms with E-state index in [9.17, 15) is 13.2 Å². The third kappa shape index (κ3) is 5.24. The van der Waals surface area contributed by atoms with Crippen molar-refractivity contribution in [2.45, 2.75) is 5.41 Å². The zero-order valence-electron chi connectivity index (χ0n) is 26.9. The van der Waals surface area contributed by atoms with Crippen molar-refractivity contribution in [2.75, 3.05) is 0 Å². The van der Waals surface area contributed by atoms with Crippen LogP contribution in [0.4, 0.5) is 13.2 Å². The average molecular weight is 673 g/mol. The van der Waals surface area contributed by atoms with Crippen LogP contribution in [0.3, 0.4) is 0 Å². The molecule has 0 saturated carbocycles. The topological polar surface area (TPSA) is 47.3 Å². The number of rotatable bonds is 8. The van der Waals surface area contributed by atoms with E-state index >= 15 is 9.59 Å². The third-order valence-electron chi connectivity index (χ3n) is 9.35. The first-order valence-corrected chi connectivity index (χ1v) is 16.3. The summed E-state index contributed by atoms with van der Waals surface area (Å²) in [6.07, 6.45) is 0. The molecule has 0 saturated heterocycles. The fraction of sp³-hybridized carbons (Fsp3) is 0.0222. The summed E-state index contributed by atoms with van der Waals surface area (Å²) in [7, 11) is 0. The van der Waals surface area contributed by atoms with E-state index in [-0.39, 0.29) is 16.7 Å². The van der Waals surface area contributed by atoms with Gasteiger partial charge in [0.05, 0.1) is 0 Å². The number of carbonyl (C=O) groups excluding carboxylic acids is 2. The average Bonchev–Trinajstić information content (AvgIpc) is 3.71. The number of hydrogen-bond acceptors (Lipinski definition) is 3. The minimum absolute atomic E-state index is 0.127. The normalized spacial score (nSPS) is 15.1. The molecule has 246 valence electrons. The molecule has 51 heavy (non-hydrogen) atoms. The van der Waals surface area contributed by atoms with Crippen LogP contribution >= 0.6 is 0 Å². The summed E-state index contributed by atoms with van der Waals surface area (Å²) in [4.78, 5) is 31.1. The van der Waals surface area contributed by atoms with Crippen molar-refractivity contribution in [3.05, 3.63) is 220 Å². The molecule has 3 nitrogen and oxygen atoms in total. The first kappa shape index (κ1) is 31.7. The molecular formula is C45H27F3O3. The van der Waals surface area contributed by atoms with Crippen molar-refractivity contribution in [3.8, 4) is 22.6 Å². The van der Waals surface area contributed by atoms with Gasteiger partial charge in [0.1, 0.15) is 34.4 Å². The van der Waals surface area contributed by atoms with Crippen LogP contribution in [-0.2, 0) is 5.41 Å². The smallest absolute Gasteiger partial charge is 0.191 e. The number of furan rings is 1. The summed E-state index contributed by atoms with van der Waals surface area (Å²) in [5.41, 5.74) is 2.18. The molecule has 0 radical (unpaired) electrons. The Morgan fingerprint density at radius 2 is 0.922 bits per heavy atom. The second-order valence-corrected chi connectivity index (χ2v) is 12.3. The quantitative estimate of drug-likeness (QED) is 0.151. The minimum Gasteiger partial charge on any atom is -0.455 e. The van der Waals surface area contributed by atoms with Gasteiger partial charge in [-0.3, -0.25) is 9.59 Å². The zero-order valence-corrected chi connectivity index (χ0v) is 26.9. The highest BCUT2D eigenvalue weighted by molar-refractivity contribution is 6.28. The molecule has 0 amide bonds. The Morgan fingerprint density at radius 3 is 1.47 bits per heavy atom. The van der Waals surface area contributed by atoms with Gasteiger partial charge in [0.2, 0.25) is 0 Å². The van der Waals surface area contributed by atoms with Crippen LogP contribution in [0, 0.1) is 17.5 Å². The Morgan fingerprint density at radius 1 is 0.471 bits per heavy atom. The van der Waals surface area contributed by atoms with Gasteiger partial charge in [0.15, 0.2) is 11.6 Å². The van der Waals surface area contributed by atoms with Crippen LogP contribution in [0.25, 0.3) is 28.2 Å². The maximum absolute atomic E-state index is 15.7. The lowest BCUT2D eigenvalue weighted by atomic mass is 9.64. The summed E-state index contributed by atoms with van der Waals surface area (Å²) in [6, 6.07) is 43.7. The van der Waals surface area contributed by atoms with Gasteiger partial charge in [-0.2, -0.15) is 0 Å². The van der Waals surface area contributed by atoms with Crippen LogP contribution < -0.4 is 0 Å². The van der Waals surface area contributed by atoms with Crippen molar-refractivity contribution >= 4 is 17.1 Å². The molecular weight excluding hydrogens is 645 g/mol. The lowest BCUT2D eigenvalue weighted by Gasteiger charge is -2.33. The van der Waals surface area contributed by atoms with Crippen LogP contribution in [0.1, 0.15) is 43.0 Å². The molecule has 0 aliphatic heterocycles. The summed E-state index contributed by atoms with van der Waals surface area (Å²) in [6.45, 7) is 0. The van der Waals surface area contributed by atoms with Gasteiger partial charge in [-0.1, -0.05) is 91.0 Å². The lowest BCUT2D eigenvalue weighted by molar-refractivity contribution is 0.0903. The van der Waals surface area contributed by atoms with Crippen molar-refractivity contribution in [1.29, 1.82) is 0 Å². The van der Waals surface area contributed by atoms with E-state index in [0.717, 1.165) is 0 Å². The maximum Gasteiger partial charge on any atom is 0.191 e. The van der Waals surface area contributed by atoms with Crippen molar-refractivity contribution in [1.82, 2.24) is 0 Å². The van der Waals surface area contributed by atoms with Gasteiger partial charge in [0.25, 0.3) is 0 Å². The molecule has 1 aromatic heterocycles. The summed E-state index contributed by atoms with van der Waals surface area (Å²) >= 11 is 0. The molecule has 1 heterocycles. The van der Waals surface area contributed by atoms with E-state index in [1.807, 2.05) is 66.7 Å². The van der Waals surface area contributed by atoms with Crippen molar-refractivity contribution < 1.29 is 27.2 Å². The van der Waals surface area contributed by atoms with E-state index in [0.29, 0.717) is 50.5 Å². The second-order valence-electron chi connectivity index (χ2n) is 12.3. The highest BCUT2D eigenvalue weighted by atomic mass is 19.1. The number of halogens is 3. The molecule has 0 spiro atoms. The highest BCUT2D eigenvalue weighted by Gasteiger charge is 2.58. The molecule has 0 bridgehead atoms. The fourth-order valence-electron chi connectivity index (χ4n) is 7.14. The number of Topliss-reactive ketones (excluding diaryl/α,β-unsaturated/α-hetero) is 2. The summed E-state index contributed by atoms with van der Waals surface area (Å²) in [5, 5.41) is 0. The predicted molar refractivity (Wildman–Crippen MR) is 191 cm³/mol. The highest BCUT2D eigenvalue weighted by Crippen LogP contribution is 2.61. The van der Waals surface area contributed by atoms with E-state index in [1.165, 1.54) is 60.7 Å². The van der Waals surface area contributed by atoms with Crippen LogP contribution in [0.2, 0.25) is 0 Å². The molecule has 8 rings (SSSR count). The molecule has 1 aliphatic carbocycles. The first-order chi connectivity index (χ1) is 24.9. The van der Waals surface area contributed by atoms with Crippen molar-refractivity contribution in [3.63, 3.8) is 0 Å².